The van der Waals surface area contributed by atoms with E-state index in [-0.39, 0.29) is 23.3 Å². The number of benzene rings is 2. The minimum atomic E-state index is -0.544. The number of esters is 1. The molecule has 1 N–H and O–H groups in total. The molecule has 2 aromatic carbocycles. The van der Waals surface area contributed by atoms with Gasteiger partial charge in [0.2, 0.25) is 5.75 Å². The summed E-state index contributed by atoms with van der Waals surface area (Å²) in [5.74, 6) is 0.731. The second kappa shape index (κ2) is 7.65. The van der Waals surface area contributed by atoms with E-state index in [9.17, 15) is 14.9 Å². The van der Waals surface area contributed by atoms with Gasteiger partial charge in [0.25, 0.3) is 0 Å². The number of fused-ring (bicyclic) bond motifs is 2. The highest BCUT2D eigenvalue weighted by molar-refractivity contribution is 5.81. The number of nitrogens with zero attached hydrogens (tertiary/aromatic N) is 1. The lowest BCUT2D eigenvalue weighted by atomic mass is 9.96. The number of hydrogen-bond acceptors (Lipinski definition) is 6. The van der Waals surface area contributed by atoms with Gasteiger partial charge in [0, 0.05) is 23.7 Å². The second-order valence-electron chi connectivity index (χ2n) is 6.93. The van der Waals surface area contributed by atoms with Gasteiger partial charge in [-0.3, -0.25) is 10.1 Å². The second-order valence-corrected chi connectivity index (χ2v) is 6.93. The molecule has 0 saturated carbocycles. The maximum absolute atomic E-state index is 12.2. The van der Waals surface area contributed by atoms with Crippen LogP contribution in [0.3, 0.4) is 0 Å². The van der Waals surface area contributed by atoms with Crippen molar-refractivity contribution in [3.8, 4) is 11.5 Å². The maximum Gasteiger partial charge on any atom is 0.328 e. The Kier molecular flexibility index (Phi) is 5.30. The van der Waals surface area contributed by atoms with E-state index in [1.165, 1.54) is 13.2 Å². The van der Waals surface area contributed by atoms with Crippen LogP contribution < -0.4 is 10.1 Å². The van der Waals surface area contributed by atoms with E-state index in [2.05, 4.69) is 5.32 Å². The lowest BCUT2D eigenvalue weighted by Gasteiger charge is -2.25. The normalized spacial score (nSPS) is 13.2. The molecule has 1 heterocycles. The Morgan fingerprint density at radius 2 is 2.04 bits per heavy atom. The van der Waals surface area contributed by atoms with E-state index >= 15 is 0 Å². The molecule has 142 valence electrons. The lowest BCUT2D eigenvalue weighted by molar-refractivity contribution is -0.385. The minimum absolute atomic E-state index is 0.0940. The fraction of sp³-hybridized carbons (Fsp3) is 0.350. The van der Waals surface area contributed by atoms with Crippen molar-refractivity contribution < 1.29 is 19.2 Å². The maximum atomic E-state index is 12.2. The zero-order chi connectivity index (χ0) is 19.6. The van der Waals surface area contributed by atoms with Crippen molar-refractivity contribution in [1.82, 2.24) is 0 Å². The van der Waals surface area contributed by atoms with E-state index in [0.29, 0.717) is 29.8 Å². The smallest absolute Gasteiger partial charge is 0.328 e. The Bertz CT molecular complexity index is 879. The molecule has 0 fully saturated rings. The van der Waals surface area contributed by atoms with Crippen molar-refractivity contribution in [2.24, 2.45) is 5.92 Å². The van der Waals surface area contributed by atoms with Gasteiger partial charge >= 0.3 is 11.7 Å². The number of carbonyl (C=O) groups excluding carboxylic acids is 1. The molecule has 0 bridgehead atoms. The van der Waals surface area contributed by atoms with Gasteiger partial charge in [0.05, 0.1) is 12.0 Å². The van der Waals surface area contributed by atoms with E-state index in [1.54, 1.807) is 12.1 Å². The number of anilines is 1. The lowest BCUT2D eigenvalue weighted by Crippen LogP contribution is -2.32. The number of hydrogen-bond donors (Lipinski definition) is 1. The molecule has 1 atom stereocenters. The molecule has 2 aromatic rings. The number of nitro benzene ring substituents is 1. The number of ether oxygens (including phenoxy) is 2. The van der Waals surface area contributed by atoms with E-state index in [4.69, 9.17) is 9.47 Å². The van der Waals surface area contributed by atoms with Crippen LogP contribution in [0.25, 0.3) is 0 Å². The van der Waals surface area contributed by atoms with E-state index < -0.39 is 11.0 Å². The number of nitro groups is 1. The molecule has 0 aromatic heterocycles. The first-order valence-corrected chi connectivity index (χ1v) is 8.81. The molecule has 0 radical (unpaired) electrons. The van der Waals surface area contributed by atoms with Crippen LogP contribution in [0.5, 0.6) is 11.5 Å². The molecule has 1 aliphatic rings. The van der Waals surface area contributed by atoms with Crippen LogP contribution in [0.1, 0.15) is 31.4 Å². The third-order valence-electron chi connectivity index (χ3n) is 4.51. The van der Waals surface area contributed by atoms with E-state index in [1.807, 2.05) is 32.0 Å². The summed E-state index contributed by atoms with van der Waals surface area (Å²) in [5, 5.41) is 14.7. The van der Waals surface area contributed by atoms with Crippen LogP contribution in [-0.2, 0) is 16.0 Å². The standard InChI is InChI=1S/C20H22N2O5/c1-12(2)10-16(20(23)26-3)21-15-8-9-17(22(24)25)19-14(15)11-13-6-4-5-7-18(13)27-19/h4-9,12,16,21H,10-11H2,1-3H3/t16-/m0/s1. The van der Waals surface area contributed by atoms with Crippen LogP contribution >= 0.6 is 0 Å². The predicted molar refractivity (Wildman–Crippen MR) is 101 cm³/mol. The minimum Gasteiger partial charge on any atom is -0.467 e. The first kappa shape index (κ1) is 18.7. The van der Waals surface area contributed by atoms with Crippen LogP contribution in [0.4, 0.5) is 11.4 Å². The Balaban J connectivity index is 2.02. The Morgan fingerprint density at radius 3 is 2.70 bits per heavy atom. The van der Waals surface area contributed by atoms with Crippen molar-refractivity contribution in [3.63, 3.8) is 0 Å². The van der Waals surface area contributed by atoms with Gasteiger partial charge in [0.1, 0.15) is 11.8 Å². The molecular weight excluding hydrogens is 348 g/mol. The van der Waals surface area contributed by atoms with Gasteiger partial charge in [0.15, 0.2) is 0 Å². The quantitative estimate of drug-likeness (QED) is 0.395. The molecule has 7 heteroatoms. The fourth-order valence-corrected chi connectivity index (χ4v) is 3.25. The largest absolute Gasteiger partial charge is 0.467 e. The first-order valence-electron chi connectivity index (χ1n) is 8.81. The summed E-state index contributed by atoms with van der Waals surface area (Å²) in [6.07, 6.45) is 1.06. The van der Waals surface area contributed by atoms with E-state index in [0.717, 1.165) is 5.56 Å². The van der Waals surface area contributed by atoms with Crippen molar-refractivity contribution in [3.05, 3.63) is 57.6 Å². The fourth-order valence-electron chi connectivity index (χ4n) is 3.25. The monoisotopic (exact) mass is 370 g/mol. The highest BCUT2D eigenvalue weighted by Crippen LogP contribution is 2.45. The summed E-state index contributed by atoms with van der Waals surface area (Å²) in [6.45, 7) is 4.03. The highest BCUT2D eigenvalue weighted by Gasteiger charge is 2.30. The SMILES string of the molecule is COC(=O)[C@H](CC(C)C)Nc1ccc([N+](=O)[O-])c2c1Cc1ccccc1O2. The zero-order valence-electron chi connectivity index (χ0n) is 15.5. The third-order valence-corrected chi connectivity index (χ3v) is 4.51. The average Bonchev–Trinajstić information content (AvgIpc) is 2.64. The average molecular weight is 370 g/mol. The van der Waals surface area contributed by atoms with Gasteiger partial charge < -0.3 is 14.8 Å². The molecule has 0 amide bonds. The Hall–Kier alpha value is -3.09. The van der Waals surface area contributed by atoms with Crippen LogP contribution in [0.15, 0.2) is 36.4 Å². The van der Waals surface area contributed by atoms with Gasteiger partial charge in [-0.1, -0.05) is 32.0 Å². The van der Waals surface area contributed by atoms with Crippen molar-refractivity contribution in [2.45, 2.75) is 32.7 Å². The number of carbonyl (C=O) groups is 1. The highest BCUT2D eigenvalue weighted by atomic mass is 16.6. The summed E-state index contributed by atoms with van der Waals surface area (Å²) in [6, 6.07) is 9.92. The molecule has 0 aliphatic carbocycles. The summed E-state index contributed by atoms with van der Waals surface area (Å²) < 4.78 is 10.8. The topological polar surface area (TPSA) is 90.7 Å². The van der Waals surface area contributed by atoms with Crippen molar-refractivity contribution in [2.75, 3.05) is 12.4 Å². The summed E-state index contributed by atoms with van der Waals surface area (Å²) in [7, 11) is 1.35. The first-order chi connectivity index (χ1) is 12.9. The number of nitrogens with one attached hydrogen (secondary N) is 1. The Morgan fingerprint density at radius 1 is 1.30 bits per heavy atom. The van der Waals surface area contributed by atoms with Crippen LogP contribution in [-0.4, -0.2) is 24.0 Å². The number of rotatable bonds is 6. The zero-order valence-corrected chi connectivity index (χ0v) is 15.5. The number of methoxy groups -OCH3 is 1. The van der Waals surface area contributed by atoms with Crippen molar-refractivity contribution in [1.29, 1.82) is 0 Å². The molecule has 0 unspecified atom stereocenters. The predicted octanol–water partition coefficient (Wildman–Crippen LogP) is 4.29. The van der Waals surface area contributed by atoms with Gasteiger partial charge in [-0.25, -0.2) is 4.79 Å². The molecule has 0 spiro atoms. The van der Waals surface area contributed by atoms with Crippen LogP contribution in [0.2, 0.25) is 0 Å². The Labute approximate surface area is 157 Å². The summed E-state index contributed by atoms with van der Waals surface area (Å²) in [5.41, 5.74) is 2.15. The summed E-state index contributed by atoms with van der Waals surface area (Å²) in [4.78, 5) is 23.2. The van der Waals surface area contributed by atoms with Gasteiger partial charge in [-0.05, 0) is 30.0 Å². The molecule has 27 heavy (non-hydrogen) atoms. The third kappa shape index (κ3) is 3.86. The molecule has 7 nitrogen and oxygen atoms in total. The van der Waals surface area contributed by atoms with Crippen molar-refractivity contribution >= 4 is 17.3 Å². The van der Waals surface area contributed by atoms with Gasteiger partial charge in [-0.15, -0.1) is 0 Å². The number of para-hydroxylation sites is 1. The van der Waals surface area contributed by atoms with Crippen LogP contribution in [0, 0.1) is 16.0 Å². The van der Waals surface area contributed by atoms with Gasteiger partial charge in [-0.2, -0.15) is 0 Å². The molecule has 3 rings (SSSR count). The molecular formula is C20H22N2O5. The molecule has 0 saturated heterocycles. The molecule has 1 aliphatic heterocycles. The summed E-state index contributed by atoms with van der Waals surface area (Å²) >= 11 is 0.